The number of anilines is 1. The van der Waals surface area contributed by atoms with Gasteiger partial charge in [0.25, 0.3) is 0 Å². The van der Waals surface area contributed by atoms with Gasteiger partial charge in [-0.2, -0.15) is 0 Å². The van der Waals surface area contributed by atoms with Crippen molar-refractivity contribution in [3.8, 4) is 0 Å². The Labute approximate surface area is 133 Å². The van der Waals surface area contributed by atoms with Gasteiger partial charge in [-0.05, 0) is 43.9 Å². The maximum Gasteiger partial charge on any atom is 0.321 e. The van der Waals surface area contributed by atoms with Gasteiger partial charge in [0.2, 0.25) is 0 Å². The summed E-state index contributed by atoms with van der Waals surface area (Å²) in [5, 5.41) is 3.16. The molecule has 2 amide bonds. The number of urea groups is 1. The van der Waals surface area contributed by atoms with Crippen LogP contribution in [0.15, 0.2) is 18.2 Å². The number of para-hydroxylation sites is 1. The lowest BCUT2D eigenvalue weighted by molar-refractivity contribution is 0.0678. The van der Waals surface area contributed by atoms with E-state index >= 15 is 0 Å². The summed E-state index contributed by atoms with van der Waals surface area (Å²) in [6.45, 7) is 8.14. The molecule has 0 radical (unpaired) electrons. The van der Waals surface area contributed by atoms with Crippen molar-refractivity contribution >= 4 is 11.7 Å². The number of piperidine rings is 1. The van der Waals surface area contributed by atoms with Crippen LogP contribution < -0.4 is 5.32 Å². The summed E-state index contributed by atoms with van der Waals surface area (Å²) in [5.74, 6) is 0. The van der Waals surface area contributed by atoms with Crippen LogP contribution in [0.5, 0.6) is 0 Å². The summed E-state index contributed by atoms with van der Waals surface area (Å²) in [6, 6.07) is 6.85. The van der Waals surface area contributed by atoms with E-state index in [2.05, 4.69) is 42.3 Å². The molecule has 4 heteroatoms. The zero-order valence-corrected chi connectivity index (χ0v) is 13.8. The number of hydrogen-bond acceptors (Lipinski definition) is 2. The maximum absolute atomic E-state index is 12.7. The summed E-state index contributed by atoms with van der Waals surface area (Å²) < 4.78 is 0. The smallest absolute Gasteiger partial charge is 0.321 e. The molecular weight excluding hydrogens is 274 g/mol. The molecule has 1 atom stereocenters. The van der Waals surface area contributed by atoms with E-state index in [1.54, 1.807) is 0 Å². The lowest BCUT2D eigenvalue weighted by atomic mass is 10.00. The lowest BCUT2D eigenvalue weighted by Crippen LogP contribution is -2.57. The summed E-state index contributed by atoms with van der Waals surface area (Å²) in [4.78, 5) is 17.2. The highest BCUT2D eigenvalue weighted by Crippen LogP contribution is 2.24. The standard InChI is InChI=1S/C18H27N3O/c1-3-15-8-6-7-14(2)17(15)19-18(22)21-12-11-20-10-5-4-9-16(20)13-21/h6-8,16H,3-5,9-13H2,1-2H3,(H,19,22). The minimum absolute atomic E-state index is 0.0641. The summed E-state index contributed by atoms with van der Waals surface area (Å²) in [5.41, 5.74) is 3.36. The number of amides is 2. The van der Waals surface area contributed by atoms with Gasteiger partial charge in [-0.3, -0.25) is 4.90 Å². The van der Waals surface area contributed by atoms with Gasteiger partial charge in [-0.15, -0.1) is 0 Å². The number of nitrogens with zero attached hydrogens (tertiary/aromatic N) is 2. The zero-order valence-electron chi connectivity index (χ0n) is 13.8. The van der Waals surface area contributed by atoms with Crippen molar-refractivity contribution in [3.63, 3.8) is 0 Å². The molecule has 2 aliphatic rings. The van der Waals surface area contributed by atoms with E-state index < -0.39 is 0 Å². The van der Waals surface area contributed by atoms with Crippen LogP contribution in [0.4, 0.5) is 10.5 Å². The first-order valence-electron chi connectivity index (χ1n) is 8.57. The maximum atomic E-state index is 12.7. The molecule has 4 nitrogen and oxygen atoms in total. The number of fused-ring (bicyclic) bond motifs is 1. The molecule has 2 aliphatic heterocycles. The second-order valence-corrected chi connectivity index (χ2v) is 6.52. The van der Waals surface area contributed by atoms with E-state index in [1.165, 1.54) is 31.4 Å². The van der Waals surface area contributed by atoms with Gasteiger partial charge in [0, 0.05) is 31.4 Å². The fourth-order valence-corrected chi connectivity index (χ4v) is 3.73. The van der Waals surface area contributed by atoms with Crippen LogP contribution in [0.1, 0.15) is 37.3 Å². The van der Waals surface area contributed by atoms with E-state index in [0.29, 0.717) is 6.04 Å². The molecule has 2 saturated heterocycles. The fraction of sp³-hybridized carbons (Fsp3) is 0.611. The van der Waals surface area contributed by atoms with Gasteiger partial charge in [-0.25, -0.2) is 4.79 Å². The normalized spacial score (nSPS) is 22.3. The van der Waals surface area contributed by atoms with Crippen molar-refractivity contribution in [1.82, 2.24) is 9.80 Å². The zero-order chi connectivity index (χ0) is 15.5. The van der Waals surface area contributed by atoms with Crippen molar-refractivity contribution in [3.05, 3.63) is 29.3 Å². The van der Waals surface area contributed by atoms with E-state index in [0.717, 1.165) is 37.3 Å². The van der Waals surface area contributed by atoms with Crippen molar-refractivity contribution < 1.29 is 4.79 Å². The molecule has 22 heavy (non-hydrogen) atoms. The molecule has 3 rings (SSSR count). The number of nitrogens with one attached hydrogen (secondary N) is 1. The van der Waals surface area contributed by atoms with Crippen molar-refractivity contribution in [2.24, 2.45) is 0 Å². The molecule has 2 fully saturated rings. The van der Waals surface area contributed by atoms with Gasteiger partial charge in [0.1, 0.15) is 0 Å². The van der Waals surface area contributed by atoms with E-state index in [-0.39, 0.29) is 6.03 Å². The molecule has 120 valence electrons. The molecule has 0 bridgehead atoms. The minimum Gasteiger partial charge on any atom is -0.322 e. The molecule has 2 heterocycles. The average Bonchev–Trinajstić information content (AvgIpc) is 2.56. The van der Waals surface area contributed by atoms with Gasteiger partial charge in [0.15, 0.2) is 0 Å². The average molecular weight is 301 g/mol. The van der Waals surface area contributed by atoms with Crippen molar-refractivity contribution in [2.45, 2.75) is 45.6 Å². The molecule has 1 unspecified atom stereocenters. The largest absolute Gasteiger partial charge is 0.322 e. The monoisotopic (exact) mass is 301 g/mol. The first-order chi connectivity index (χ1) is 10.7. The number of carbonyl (C=O) groups excluding carboxylic acids is 1. The Morgan fingerprint density at radius 2 is 2.14 bits per heavy atom. The first-order valence-corrected chi connectivity index (χ1v) is 8.57. The van der Waals surface area contributed by atoms with Gasteiger partial charge >= 0.3 is 6.03 Å². The molecule has 1 aromatic rings. The number of rotatable bonds is 2. The van der Waals surface area contributed by atoms with E-state index in [1.807, 2.05) is 4.90 Å². The molecular formula is C18H27N3O. The quantitative estimate of drug-likeness (QED) is 0.910. The van der Waals surface area contributed by atoms with Crippen LogP contribution >= 0.6 is 0 Å². The third-order valence-corrected chi connectivity index (χ3v) is 5.10. The molecule has 0 spiro atoms. The fourth-order valence-electron chi connectivity index (χ4n) is 3.73. The van der Waals surface area contributed by atoms with Crippen LogP contribution in [0.3, 0.4) is 0 Å². The highest BCUT2D eigenvalue weighted by Gasteiger charge is 2.31. The first kappa shape index (κ1) is 15.3. The topological polar surface area (TPSA) is 35.6 Å². The Kier molecular flexibility index (Phi) is 4.67. The number of hydrogen-bond donors (Lipinski definition) is 1. The predicted molar refractivity (Wildman–Crippen MR) is 90.4 cm³/mol. The summed E-state index contributed by atoms with van der Waals surface area (Å²) >= 11 is 0. The second-order valence-electron chi connectivity index (χ2n) is 6.52. The van der Waals surface area contributed by atoms with E-state index in [9.17, 15) is 4.79 Å². The SMILES string of the molecule is CCc1cccc(C)c1NC(=O)N1CCN2CCCCC2C1. The Morgan fingerprint density at radius 3 is 2.95 bits per heavy atom. The molecule has 1 aromatic carbocycles. The molecule has 0 aliphatic carbocycles. The second kappa shape index (κ2) is 6.69. The minimum atomic E-state index is 0.0641. The Balaban J connectivity index is 1.67. The Morgan fingerprint density at radius 1 is 1.27 bits per heavy atom. The predicted octanol–water partition coefficient (Wildman–Crippen LogP) is 3.26. The van der Waals surface area contributed by atoms with Crippen LogP contribution in [-0.2, 0) is 6.42 Å². The van der Waals surface area contributed by atoms with Gasteiger partial charge < -0.3 is 10.2 Å². The summed E-state index contributed by atoms with van der Waals surface area (Å²) in [6.07, 6.45) is 4.78. The number of aryl methyl sites for hydroxylation is 2. The number of benzene rings is 1. The van der Waals surface area contributed by atoms with Crippen LogP contribution in [0.2, 0.25) is 0 Å². The van der Waals surface area contributed by atoms with Crippen LogP contribution in [-0.4, -0.2) is 48.1 Å². The number of carbonyl (C=O) groups is 1. The van der Waals surface area contributed by atoms with Gasteiger partial charge in [-0.1, -0.05) is 31.5 Å². The number of piperazine rings is 1. The van der Waals surface area contributed by atoms with Crippen molar-refractivity contribution in [2.75, 3.05) is 31.5 Å². The van der Waals surface area contributed by atoms with Crippen molar-refractivity contribution in [1.29, 1.82) is 0 Å². The Hall–Kier alpha value is -1.55. The summed E-state index contributed by atoms with van der Waals surface area (Å²) in [7, 11) is 0. The highest BCUT2D eigenvalue weighted by molar-refractivity contribution is 5.91. The van der Waals surface area contributed by atoms with Crippen LogP contribution in [0, 0.1) is 6.92 Å². The molecule has 0 aromatic heterocycles. The third-order valence-electron chi connectivity index (χ3n) is 5.10. The third kappa shape index (κ3) is 3.12. The lowest BCUT2D eigenvalue weighted by Gasteiger charge is -2.44. The van der Waals surface area contributed by atoms with Gasteiger partial charge in [0.05, 0.1) is 0 Å². The Bertz CT molecular complexity index is 543. The van der Waals surface area contributed by atoms with Crippen LogP contribution in [0.25, 0.3) is 0 Å². The molecule has 1 N–H and O–H groups in total. The molecule has 0 saturated carbocycles. The van der Waals surface area contributed by atoms with E-state index in [4.69, 9.17) is 0 Å². The highest BCUT2D eigenvalue weighted by atomic mass is 16.2.